The van der Waals surface area contributed by atoms with E-state index in [9.17, 15) is 19.3 Å². The highest BCUT2D eigenvalue weighted by Gasteiger charge is 2.17. The third kappa shape index (κ3) is 5.63. The van der Waals surface area contributed by atoms with Gasteiger partial charge in [-0.1, -0.05) is 35.3 Å². The molecule has 0 heterocycles. The SMILES string of the molecule is COc1ccc(/C=C/C(=O)c2ccc(Cl)c(Cl)c2)cc1COc1cc(F)ccc1[N+](=O)[O-]. The highest BCUT2D eigenvalue weighted by atomic mass is 35.5. The summed E-state index contributed by atoms with van der Waals surface area (Å²) in [7, 11) is 1.47. The van der Waals surface area contributed by atoms with Crippen LogP contribution in [0.15, 0.2) is 60.7 Å². The Bertz CT molecular complexity index is 1210. The molecule has 3 aromatic carbocycles. The predicted octanol–water partition coefficient (Wildman–Crippen LogP) is 6.52. The summed E-state index contributed by atoms with van der Waals surface area (Å²) < 4.78 is 24.3. The van der Waals surface area contributed by atoms with Gasteiger partial charge in [-0.25, -0.2) is 4.39 Å². The van der Waals surface area contributed by atoms with Gasteiger partial charge in [-0.05, 0) is 48.0 Å². The first-order valence-electron chi connectivity index (χ1n) is 9.19. The summed E-state index contributed by atoms with van der Waals surface area (Å²) in [6.07, 6.45) is 2.97. The van der Waals surface area contributed by atoms with E-state index in [4.69, 9.17) is 32.7 Å². The molecule has 0 amide bonds. The van der Waals surface area contributed by atoms with Crippen LogP contribution < -0.4 is 9.47 Å². The van der Waals surface area contributed by atoms with E-state index >= 15 is 0 Å². The van der Waals surface area contributed by atoms with Crippen molar-refractivity contribution in [2.45, 2.75) is 6.61 Å². The summed E-state index contributed by atoms with van der Waals surface area (Å²) in [5.41, 5.74) is 1.24. The number of nitro groups is 1. The van der Waals surface area contributed by atoms with E-state index in [1.54, 1.807) is 36.4 Å². The maximum absolute atomic E-state index is 13.5. The molecule has 0 spiro atoms. The van der Waals surface area contributed by atoms with Gasteiger partial charge in [0.05, 0.1) is 22.1 Å². The largest absolute Gasteiger partial charge is 0.496 e. The molecule has 0 radical (unpaired) electrons. The van der Waals surface area contributed by atoms with Crippen LogP contribution in [-0.2, 0) is 6.61 Å². The third-order valence-corrected chi connectivity index (χ3v) is 5.18. The maximum Gasteiger partial charge on any atom is 0.311 e. The fourth-order valence-electron chi connectivity index (χ4n) is 2.84. The fraction of sp³-hybridized carbons (Fsp3) is 0.0870. The van der Waals surface area contributed by atoms with Gasteiger partial charge in [0.1, 0.15) is 18.2 Å². The highest BCUT2D eigenvalue weighted by molar-refractivity contribution is 6.42. The van der Waals surface area contributed by atoms with E-state index in [-0.39, 0.29) is 28.8 Å². The number of nitro benzene ring substituents is 1. The number of hydrogen-bond acceptors (Lipinski definition) is 5. The molecule has 32 heavy (non-hydrogen) atoms. The van der Waals surface area contributed by atoms with Gasteiger partial charge in [0.25, 0.3) is 0 Å². The van der Waals surface area contributed by atoms with Crippen molar-refractivity contribution < 1.29 is 23.6 Å². The minimum absolute atomic E-state index is 0.115. The molecule has 9 heteroatoms. The first-order chi connectivity index (χ1) is 15.3. The number of ketones is 1. The molecule has 0 bridgehead atoms. The van der Waals surface area contributed by atoms with Gasteiger partial charge in [0, 0.05) is 23.3 Å². The minimum Gasteiger partial charge on any atom is -0.496 e. The van der Waals surface area contributed by atoms with Crippen molar-refractivity contribution >= 4 is 40.7 Å². The first kappa shape index (κ1) is 23.2. The van der Waals surface area contributed by atoms with Gasteiger partial charge < -0.3 is 9.47 Å². The molecular weight excluding hydrogens is 460 g/mol. The zero-order valence-corrected chi connectivity index (χ0v) is 18.2. The standard InChI is InChI=1S/C23H16Cl2FNO5/c1-31-22-9-3-14(2-8-21(28)15-4-6-18(24)19(25)11-15)10-16(22)13-32-23-12-17(26)5-7-20(23)27(29)30/h2-12H,13H2,1H3/b8-2+. The van der Waals surface area contributed by atoms with Crippen molar-refractivity contribution in [3.8, 4) is 11.5 Å². The van der Waals surface area contributed by atoms with Crippen molar-refractivity contribution in [2.24, 2.45) is 0 Å². The van der Waals surface area contributed by atoms with Gasteiger partial charge >= 0.3 is 5.69 Å². The van der Waals surface area contributed by atoms with E-state index in [2.05, 4.69) is 0 Å². The number of benzene rings is 3. The lowest BCUT2D eigenvalue weighted by Gasteiger charge is -2.11. The zero-order valence-electron chi connectivity index (χ0n) is 16.7. The summed E-state index contributed by atoms with van der Waals surface area (Å²) in [6, 6.07) is 12.7. The van der Waals surface area contributed by atoms with E-state index < -0.39 is 10.7 Å². The predicted molar refractivity (Wildman–Crippen MR) is 120 cm³/mol. The zero-order chi connectivity index (χ0) is 23.3. The molecule has 3 aromatic rings. The van der Waals surface area contributed by atoms with Gasteiger partial charge in [0.15, 0.2) is 11.5 Å². The normalized spacial score (nSPS) is 10.9. The second kappa shape index (κ2) is 10.3. The summed E-state index contributed by atoms with van der Waals surface area (Å²) in [5.74, 6) is -0.660. The first-order valence-corrected chi connectivity index (χ1v) is 9.95. The monoisotopic (exact) mass is 475 g/mol. The molecule has 0 aliphatic rings. The molecule has 6 nitrogen and oxygen atoms in total. The highest BCUT2D eigenvalue weighted by Crippen LogP contribution is 2.30. The number of carbonyl (C=O) groups is 1. The number of hydrogen-bond donors (Lipinski definition) is 0. The van der Waals surface area contributed by atoms with Gasteiger partial charge in [-0.15, -0.1) is 0 Å². The Morgan fingerprint density at radius 1 is 1.06 bits per heavy atom. The Kier molecular flexibility index (Phi) is 7.45. The Morgan fingerprint density at radius 2 is 1.84 bits per heavy atom. The number of ether oxygens (including phenoxy) is 2. The molecule has 0 fully saturated rings. The van der Waals surface area contributed by atoms with Crippen LogP contribution in [0.3, 0.4) is 0 Å². The number of allylic oxidation sites excluding steroid dienone is 1. The molecular formula is C23H16Cl2FNO5. The smallest absolute Gasteiger partial charge is 0.311 e. The maximum atomic E-state index is 13.5. The Balaban J connectivity index is 1.81. The van der Waals surface area contributed by atoms with E-state index in [0.29, 0.717) is 27.5 Å². The van der Waals surface area contributed by atoms with Crippen LogP contribution in [0, 0.1) is 15.9 Å². The van der Waals surface area contributed by atoms with Crippen LogP contribution in [-0.4, -0.2) is 17.8 Å². The second-order valence-electron chi connectivity index (χ2n) is 6.56. The van der Waals surface area contributed by atoms with Gasteiger partial charge in [0.2, 0.25) is 0 Å². The van der Waals surface area contributed by atoms with Gasteiger partial charge in [-0.3, -0.25) is 14.9 Å². The number of rotatable bonds is 8. The molecule has 0 saturated heterocycles. The number of nitrogens with zero attached hydrogens (tertiary/aromatic N) is 1. The van der Waals surface area contributed by atoms with Crippen LogP contribution in [0.1, 0.15) is 21.5 Å². The molecule has 0 aliphatic carbocycles. The fourth-order valence-corrected chi connectivity index (χ4v) is 3.14. The molecule has 0 saturated carbocycles. The van der Waals surface area contributed by atoms with Crippen molar-refractivity contribution in [1.29, 1.82) is 0 Å². The number of carbonyl (C=O) groups excluding carboxylic acids is 1. The molecule has 0 aliphatic heterocycles. The number of methoxy groups -OCH3 is 1. The summed E-state index contributed by atoms with van der Waals surface area (Å²) in [4.78, 5) is 22.9. The Morgan fingerprint density at radius 3 is 2.53 bits per heavy atom. The van der Waals surface area contributed by atoms with Crippen LogP contribution in [0.25, 0.3) is 6.08 Å². The van der Waals surface area contributed by atoms with Crippen LogP contribution in [0.4, 0.5) is 10.1 Å². The van der Waals surface area contributed by atoms with Crippen molar-refractivity contribution in [1.82, 2.24) is 0 Å². The van der Waals surface area contributed by atoms with Gasteiger partial charge in [-0.2, -0.15) is 0 Å². The summed E-state index contributed by atoms with van der Waals surface area (Å²) >= 11 is 11.8. The second-order valence-corrected chi connectivity index (χ2v) is 7.37. The van der Waals surface area contributed by atoms with E-state index in [0.717, 1.165) is 18.2 Å². The van der Waals surface area contributed by atoms with Crippen molar-refractivity contribution in [2.75, 3.05) is 7.11 Å². The quantitative estimate of drug-likeness (QED) is 0.160. The lowest BCUT2D eigenvalue weighted by molar-refractivity contribution is -0.386. The van der Waals surface area contributed by atoms with Crippen LogP contribution >= 0.6 is 23.2 Å². The van der Waals surface area contributed by atoms with E-state index in [1.807, 2.05) is 0 Å². The lowest BCUT2D eigenvalue weighted by Crippen LogP contribution is -2.02. The average molecular weight is 476 g/mol. The summed E-state index contributed by atoms with van der Waals surface area (Å²) in [6.45, 7) is -0.115. The molecule has 0 N–H and O–H groups in total. The molecule has 3 rings (SSSR count). The van der Waals surface area contributed by atoms with Crippen molar-refractivity contribution in [3.05, 3.63) is 103 Å². The van der Waals surface area contributed by atoms with Crippen LogP contribution in [0.2, 0.25) is 10.0 Å². The average Bonchev–Trinajstić information content (AvgIpc) is 2.77. The molecule has 164 valence electrons. The third-order valence-electron chi connectivity index (χ3n) is 4.44. The topological polar surface area (TPSA) is 78.7 Å². The van der Waals surface area contributed by atoms with Crippen LogP contribution in [0.5, 0.6) is 11.5 Å². The Labute approximate surface area is 192 Å². The van der Waals surface area contributed by atoms with Crippen molar-refractivity contribution in [3.63, 3.8) is 0 Å². The summed E-state index contributed by atoms with van der Waals surface area (Å²) in [5, 5.41) is 11.8. The van der Waals surface area contributed by atoms with E-state index in [1.165, 1.54) is 19.3 Å². The minimum atomic E-state index is -0.657. The molecule has 0 atom stereocenters. The molecule has 0 unspecified atom stereocenters. The number of halogens is 3. The Hall–Kier alpha value is -3.42. The lowest BCUT2D eigenvalue weighted by atomic mass is 10.1. The molecule has 0 aromatic heterocycles.